The Hall–Kier alpha value is -1.70. The van der Waals surface area contributed by atoms with Crippen LogP contribution in [0.3, 0.4) is 0 Å². The summed E-state index contributed by atoms with van der Waals surface area (Å²) in [4.78, 5) is 4.94. The van der Waals surface area contributed by atoms with Gasteiger partial charge in [-0.2, -0.15) is 0 Å². The molecule has 6 heteroatoms. The Kier molecular flexibility index (Phi) is 6.41. The first-order valence-corrected chi connectivity index (χ1v) is 12.7. The van der Waals surface area contributed by atoms with Crippen LogP contribution in [-0.4, -0.2) is 51.8 Å². The Morgan fingerprint density at radius 2 is 1.38 bits per heavy atom. The highest BCUT2D eigenvalue weighted by atomic mass is 79.9. The molecule has 0 bridgehead atoms. The molecule has 1 aliphatic heterocycles. The van der Waals surface area contributed by atoms with Gasteiger partial charge in [0.1, 0.15) is 6.17 Å². The van der Waals surface area contributed by atoms with Gasteiger partial charge in [-0.25, -0.2) is 0 Å². The smallest absolute Gasteiger partial charge is 0.113 e. The van der Waals surface area contributed by atoms with E-state index < -0.39 is 6.10 Å². The Bertz CT molecular complexity index is 1170. The lowest BCUT2D eigenvalue weighted by atomic mass is 10.1. The minimum Gasteiger partial charge on any atom is -0.390 e. The summed E-state index contributed by atoms with van der Waals surface area (Å²) in [6, 6.07) is 23.5. The molecule has 1 N–H and O–H groups in total. The van der Waals surface area contributed by atoms with Gasteiger partial charge in [-0.1, -0.05) is 62.2 Å². The van der Waals surface area contributed by atoms with Gasteiger partial charge in [-0.3, -0.25) is 9.80 Å². The average molecular weight is 557 g/mol. The minimum atomic E-state index is -0.498. The standard InChI is InChI=1S/C26H27Br2N3O/c1-18(32)26(30-13-11-29(12-14-30)17-19-5-3-2-4-6-19)31-24-9-7-20(27)15-22(24)23-16-21(28)8-10-25(23)31/h2-10,15-16,18,26,32H,11-14,17H2,1H3. The molecule has 166 valence electrons. The van der Waals surface area contributed by atoms with Crippen LogP contribution in [0.25, 0.3) is 21.8 Å². The number of piperazine rings is 1. The molecule has 0 saturated carbocycles. The van der Waals surface area contributed by atoms with Gasteiger partial charge >= 0.3 is 0 Å². The van der Waals surface area contributed by atoms with Crippen molar-refractivity contribution in [2.75, 3.05) is 26.2 Å². The van der Waals surface area contributed by atoms with E-state index in [0.717, 1.165) is 52.7 Å². The van der Waals surface area contributed by atoms with Crippen LogP contribution in [0.1, 0.15) is 18.7 Å². The van der Waals surface area contributed by atoms with Crippen LogP contribution in [0, 0.1) is 0 Å². The molecule has 32 heavy (non-hydrogen) atoms. The summed E-state index contributed by atoms with van der Waals surface area (Å²) >= 11 is 7.27. The zero-order valence-electron chi connectivity index (χ0n) is 18.1. The van der Waals surface area contributed by atoms with E-state index in [9.17, 15) is 5.11 Å². The number of halogens is 2. The van der Waals surface area contributed by atoms with Crippen molar-refractivity contribution in [1.82, 2.24) is 14.4 Å². The van der Waals surface area contributed by atoms with Gasteiger partial charge < -0.3 is 9.67 Å². The van der Waals surface area contributed by atoms with Crippen molar-refractivity contribution in [1.29, 1.82) is 0 Å². The lowest BCUT2D eigenvalue weighted by Gasteiger charge is -2.41. The lowest BCUT2D eigenvalue weighted by Crippen LogP contribution is -2.50. The van der Waals surface area contributed by atoms with Crippen LogP contribution in [0.2, 0.25) is 0 Å². The second-order valence-electron chi connectivity index (χ2n) is 8.64. The second-order valence-corrected chi connectivity index (χ2v) is 10.5. The van der Waals surface area contributed by atoms with E-state index in [2.05, 4.69) is 113 Å². The molecule has 4 nitrogen and oxygen atoms in total. The van der Waals surface area contributed by atoms with Crippen LogP contribution >= 0.6 is 31.9 Å². The molecule has 2 unspecified atom stereocenters. The number of aromatic nitrogens is 1. The maximum atomic E-state index is 11.0. The molecule has 1 saturated heterocycles. The highest BCUT2D eigenvalue weighted by Crippen LogP contribution is 2.37. The number of nitrogens with zero attached hydrogens (tertiary/aromatic N) is 3. The normalized spacial score (nSPS) is 17.8. The van der Waals surface area contributed by atoms with Gasteiger partial charge in [0.15, 0.2) is 0 Å². The minimum absolute atomic E-state index is 0.115. The third-order valence-corrected chi connectivity index (χ3v) is 7.44. The molecule has 2 atom stereocenters. The van der Waals surface area contributed by atoms with Gasteiger partial charge in [0.25, 0.3) is 0 Å². The molecular weight excluding hydrogens is 530 g/mol. The van der Waals surface area contributed by atoms with E-state index in [1.165, 1.54) is 16.3 Å². The summed E-state index contributed by atoms with van der Waals surface area (Å²) in [6.45, 7) is 6.73. The highest BCUT2D eigenvalue weighted by molar-refractivity contribution is 9.10. The predicted octanol–water partition coefficient (Wildman–Crippen LogP) is 6.02. The Morgan fingerprint density at radius 3 is 1.91 bits per heavy atom. The van der Waals surface area contributed by atoms with Gasteiger partial charge in [-0.15, -0.1) is 0 Å². The molecule has 5 rings (SSSR count). The van der Waals surface area contributed by atoms with E-state index in [1.807, 2.05) is 6.92 Å². The number of benzene rings is 3. The maximum Gasteiger partial charge on any atom is 0.113 e. The topological polar surface area (TPSA) is 31.6 Å². The maximum absolute atomic E-state index is 11.0. The van der Waals surface area contributed by atoms with E-state index in [-0.39, 0.29) is 6.17 Å². The zero-order valence-corrected chi connectivity index (χ0v) is 21.3. The third-order valence-electron chi connectivity index (χ3n) is 6.45. The average Bonchev–Trinajstić information content (AvgIpc) is 3.08. The molecule has 0 radical (unpaired) electrons. The van der Waals surface area contributed by atoms with Gasteiger partial charge in [0.05, 0.1) is 17.1 Å². The van der Waals surface area contributed by atoms with Gasteiger partial charge in [-0.05, 0) is 48.9 Å². The highest BCUT2D eigenvalue weighted by Gasteiger charge is 2.30. The van der Waals surface area contributed by atoms with Crippen molar-refractivity contribution in [3.05, 3.63) is 81.2 Å². The quantitative estimate of drug-likeness (QED) is 0.326. The summed E-state index contributed by atoms with van der Waals surface area (Å²) in [6.07, 6.45) is -0.613. The van der Waals surface area contributed by atoms with Crippen LogP contribution in [0.15, 0.2) is 75.7 Å². The Balaban J connectivity index is 1.48. The molecule has 2 heterocycles. The first-order chi connectivity index (χ1) is 15.5. The van der Waals surface area contributed by atoms with Crippen molar-refractivity contribution in [2.45, 2.75) is 25.7 Å². The summed E-state index contributed by atoms with van der Waals surface area (Å²) in [5, 5.41) is 13.4. The van der Waals surface area contributed by atoms with Crippen molar-refractivity contribution < 1.29 is 5.11 Å². The fourth-order valence-electron chi connectivity index (χ4n) is 4.99. The third kappa shape index (κ3) is 4.27. The molecule has 3 aromatic carbocycles. The molecule has 0 aliphatic carbocycles. The predicted molar refractivity (Wildman–Crippen MR) is 139 cm³/mol. The summed E-state index contributed by atoms with van der Waals surface area (Å²) < 4.78 is 4.46. The van der Waals surface area contributed by atoms with E-state index in [0.29, 0.717) is 0 Å². The number of fused-ring (bicyclic) bond motifs is 3. The zero-order chi connectivity index (χ0) is 22.2. The van der Waals surface area contributed by atoms with Crippen molar-refractivity contribution in [3.63, 3.8) is 0 Å². The molecule has 0 amide bonds. The van der Waals surface area contributed by atoms with Gasteiger partial charge in [0.2, 0.25) is 0 Å². The molecular formula is C26H27Br2N3O. The summed E-state index contributed by atoms with van der Waals surface area (Å²) in [7, 11) is 0. The number of rotatable bonds is 5. The first-order valence-electron chi connectivity index (χ1n) is 11.1. The van der Waals surface area contributed by atoms with Crippen molar-refractivity contribution >= 4 is 53.7 Å². The van der Waals surface area contributed by atoms with Crippen LogP contribution in [0.4, 0.5) is 0 Å². The number of aliphatic hydroxyl groups excluding tert-OH is 1. The van der Waals surface area contributed by atoms with Gasteiger partial charge in [0, 0.05) is 52.4 Å². The summed E-state index contributed by atoms with van der Waals surface area (Å²) in [5.41, 5.74) is 3.66. The van der Waals surface area contributed by atoms with E-state index in [4.69, 9.17) is 0 Å². The first kappa shape index (κ1) is 22.1. The van der Waals surface area contributed by atoms with Crippen LogP contribution < -0.4 is 0 Å². The summed E-state index contributed by atoms with van der Waals surface area (Å²) in [5.74, 6) is 0. The van der Waals surface area contributed by atoms with Crippen molar-refractivity contribution in [2.24, 2.45) is 0 Å². The Morgan fingerprint density at radius 1 is 0.812 bits per heavy atom. The molecule has 1 aromatic heterocycles. The fourth-order valence-corrected chi connectivity index (χ4v) is 5.72. The molecule has 1 fully saturated rings. The lowest BCUT2D eigenvalue weighted by molar-refractivity contribution is -0.00679. The van der Waals surface area contributed by atoms with Crippen LogP contribution in [0.5, 0.6) is 0 Å². The van der Waals surface area contributed by atoms with Crippen LogP contribution in [-0.2, 0) is 6.54 Å². The van der Waals surface area contributed by atoms with E-state index >= 15 is 0 Å². The molecule has 1 aliphatic rings. The fraction of sp³-hybridized carbons (Fsp3) is 0.308. The molecule has 0 spiro atoms. The monoisotopic (exact) mass is 555 g/mol. The Labute approximate surface area is 205 Å². The van der Waals surface area contributed by atoms with E-state index in [1.54, 1.807) is 0 Å². The SMILES string of the molecule is CC(O)C(N1CCN(Cc2ccccc2)CC1)n1c2ccc(Br)cc2c2cc(Br)ccc21. The second kappa shape index (κ2) is 9.27. The van der Waals surface area contributed by atoms with Crippen molar-refractivity contribution in [3.8, 4) is 0 Å². The number of hydrogen-bond acceptors (Lipinski definition) is 3. The largest absolute Gasteiger partial charge is 0.390 e. The molecule has 4 aromatic rings. The number of hydrogen-bond donors (Lipinski definition) is 1. The number of aliphatic hydroxyl groups is 1.